The van der Waals surface area contributed by atoms with Crippen molar-refractivity contribution in [2.75, 3.05) is 26.7 Å². The molecule has 7 nitrogen and oxygen atoms in total. The first kappa shape index (κ1) is 19.0. The predicted octanol–water partition coefficient (Wildman–Crippen LogP) is 0.0844. The first-order valence-electron chi connectivity index (χ1n) is 7.03. The second kappa shape index (κ2) is 7.96. The minimum atomic E-state index is -3.58. The number of carbonyl (C=O) groups excluding carboxylic acids is 1. The molecule has 1 atom stereocenters. The molecule has 1 aliphatic heterocycles. The van der Waals surface area contributed by atoms with Gasteiger partial charge in [-0.3, -0.25) is 4.79 Å². The number of aryl methyl sites for hydroxylation is 1. The number of carbonyl (C=O) groups is 1. The highest BCUT2D eigenvalue weighted by Crippen LogP contribution is 2.15. The van der Waals surface area contributed by atoms with E-state index in [0.717, 1.165) is 25.9 Å². The lowest BCUT2D eigenvalue weighted by atomic mass is 10.0. The van der Waals surface area contributed by atoms with Crippen LogP contribution >= 0.6 is 12.4 Å². The molecule has 3 N–H and O–H groups in total. The lowest BCUT2D eigenvalue weighted by Gasteiger charge is -2.22. The Morgan fingerprint density at radius 2 is 2.23 bits per heavy atom. The number of hydrogen-bond donors (Lipinski definition) is 3. The van der Waals surface area contributed by atoms with Crippen LogP contribution in [0.15, 0.2) is 17.2 Å². The van der Waals surface area contributed by atoms with Crippen molar-refractivity contribution in [2.45, 2.75) is 17.7 Å². The first-order valence-corrected chi connectivity index (χ1v) is 8.51. The molecule has 0 aliphatic carbocycles. The Kier molecular flexibility index (Phi) is 6.86. The highest BCUT2D eigenvalue weighted by molar-refractivity contribution is 7.89. The molecular formula is C13H23ClN4O3S. The highest BCUT2D eigenvalue weighted by atomic mass is 35.5. The molecule has 1 unspecified atom stereocenters. The van der Waals surface area contributed by atoms with E-state index in [-0.39, 0.29) is 23.2 Å². The van der Waals surface area contributed by atoms with E-state index < -0.39 is 10.0 Å². The number of aromatic nitrogens is 1. The van der Waals surface area contributed by atoms with Gasteiger partial charge in [0, 0.05) is 26.8 Å². The second-order valence-corrected chi connectivity index (χ2v) is 7.08. The Labute approximate surface area is 137 Å². The van der Waals surface area contributed by atoms with Gasteiger partial charge in [0.2, 0.25) is 10.0 Å². The molecule has 9 heteroatoms. The Hall–Kier alpha value is -1.09. The molecule has 22 heavy (non-hydrogen) atoms. The molecule has 1 amide bonds. The zero-order valence-electron chi connectivity index (χ0n) is 12.8. The van der Waals surface area contributed by atoms with Gasteiger partial charge in [-0.15, -0.1) is 12.4 Å². The van der Waals surface area contributed by atoms with E-state index >= 15 is 0 Å². The SMILES string of the molecule is CNC(=O)c1cc(S(=O)(=O)NCC2CCCNC2)cn1C.Cl. The first-order chi connectivity index (χ1) is 9.94. The molecule has 2 heterocycles. The van der Waals surface area contributed by atoms with Gasteiger partial charge < -0.3 is 15.2 Å². The van der Waals surface area contributed by atoms with Crippen LogP contribution in [0.4, 0.5) is 0 Å². The van der Waals surface area contributed by atoms with E-state index in [2.05, 4.69) is 15.4 Å². The fraction of sp³-hybridized carbons (Fsp3) is 0.615. The maximum absolute atomic E-state index is 12.3. The van der Waals surface area contributed by atoms with E-state index in [1.807, 2.05) is 0 Å². The largest absolute Gasteiger partial charge is 0.354 e. The van der Waals surface area contributed by atoms with Crippen molar-refractivity contribution in [2.24, 2.45) is 13.0 Å². The smallest absolute Gasteiger partial charge is 0.267 e. The Balaban J connectivity index is 0.00000242. The zero-order chi connectivity index (χ0) is 15.5. The van der Waals surface area contributed by atoms with Crippen LogP contribution in [0.2, 0.25) is 0 Å². The molecule has 0 aromatic carbocycles. The maximum Gasteiger partial charge on any atom is 0.267 e. The van der Waals surface area contributed by atoms with Crippen LogP contribution in [0.3, 0.4) is 0 Å². The van der Waals surface area contributed by atoms with Crippen molar-refractivity contribution in [3.8, 4) is 0 Å². The molecule has 0 spiro atoms. The molecule has 1 aromatic heterocycles. The van der Waals surface area contributed by atoms with Crippen LogP contribution in [-0.4, -0.2) is 45.6 Å². The number of halogens is 1. The molecule has 0 saturated carbocycles. The van der Waals surface area contributed by atoms with Crippen molar-refractivity contribution >= 4 is 28.3 Å². The lowest BCUT2D eigenvalue weighted by Crippen LogP contribution is -2.38. The Morgan fingerprint density at radius 3 is 2.82 bits per heavy atom. The highest BCUT2D eigenvalue weighted by Gasteiger charge is 2.22. The molecule has 1 saturated heterocycles. The summed E-state index contributed by atoms with van der Waals surface area (Å²) in [5.41, 5.74) is 0.317. The van der Waals surface area contributed by atoms with Gasteiger partial charge in [-0.2, -0.15) is 0 Å². The Bertz CT molecular complexity index is 609. The summed E-state index contributed by atoms with van der Waals surface area (Å²) < 4.78 is 28.7. The van der Waals surface area contributed by atoms with Crippen molar-refractivity contribution in [1.82, 2.24) is 19.9 Å². The summed E-state index contributed by atoms with van der Waals surface area (Å²) >= 11 is 0. The molecule has 126 valence electrons. The summed E-state index contributed by atoms with van der Waals surface area (Å²) in [6, 6.07) is 1.39. The molecule has 0 radical (unpaired) electrons. The van der Waals surface area contributed by atoms with E-state index in [9.17, 15) is 13.2 Å². The fourth-order valence-electron chi connectivity index (χ4n) is 2.44. The molecule has 1 aromatic rings. The third-order valence-electron chi connectivity index (χ3n) is 3.71. The topological polar surface area (TPSA) is 92.2 Å². The number of rotatable bonds is 5. The number of amides is 1. The molecule has 1 fully saturated rings. The summed E-state index contributed by atoms with van der Waals surface area (Å²) in [6.45, 7) is 2.25. The summed E-state index contributed by atoms with van der Waals surface area (Å²) in [5, 5.41) is 5.74. The number of piperidine rings is 1. The Morgan fingerprint density at radius 1 is 1.50 bits per heavy atom. The average Bonchev–Trinajstić information content (AvgIpc) is 2.88. The molecular weight excluding hydrogens is 328 g/mol. The molecule has 2 rings (SSSR count). The summed E-state index contributed by atoms with van der Waals surface area (Å²) in [5.74, 6) is 0.00563. The number of nitrogens with one attached hydrogen (secondary N) is 3. The maximum atomic E-state index is 12.3. The van der Waals surface area contributed by atoms with Gasteiger partial charge in [0.05, 0.1) is 0 Å². The van der Waals surface area contributed by atoms with Crippen molar-refractivity contribution < 1.29 is 13.2 Å². The summed E-state index contributed by atoms with van der Waals surface area (Å²) in [6.07, 6.45) is 3.54. The van der Waals surface area contributed by atoms with Crippen LogP contribution < -0.4 is 15.4 Å². The standard InChI is InChI=1S/C13H22N4O3S.ClH/c1-14-13(18)12-6-11(9-17(12)2)21(19,20)16-8-10-4-3-5-15-7-10;/h6,9-10,15-16H,3-5,7-8H2,1-2H3,(H,14,18);1H. The normalized spacial score (nSPS) is 18.5. The van der Waals surface area contributed by atoms with Gasteiger partial charge in [0.25, 0.3) is 5.91 Å². The third-order valence-corrected chi connectivity index (χ3v) is 5.10. The summed E-state index contributed by atoms with van der Waals surface area (Å²) in [4.78, 5) is 11.7. The van der Waals surface area contributed by atoms with Crippen LogP contribution in [0.1, 0.15) is 23.3 Å². The number of nitrogens with zero attached hydrogens (tertiary/aromatic N) is 1. The van der Waals surface area contributed by atoms with Crippen molar-refractivity contribution in [3.63, 3.8) is 0 Å². The van der Waals surface area contributed by atoms with Crippen LogP contribution in [0.5, 0.6) is 0 Å². The van der Waals surface area contributed by atoms with Crippen molar-refractivity contribution in [1.29, 1.82) is 0 Å². The van der Waals surface area contributed by atoms with Gasteiger partial charge in [-0.25, -0.2) is 13.1 Å². The van der Waals surface area contributed by atoms with E-state index in [4.69, 9.17) is 0 Å². The predicted molar refractivity (Wildman–Crippen MR) is 86.8 cm³/mol. The van der Waals surface area contributed by atoms with Gasteiger partial charge in [0.1, 0.15) is 10.6 Å². The quantitative estimate of drug-likeness (QED) is 0.701. The van der Waals surface area contributed by atoms with E-state index in [1.54, 1.807) is 7.05 Å². The van der Waals surface area contributed by atoms with Crippen LogP contribution in [-0.2, 0) is 17.1 Å². The van der Waals surface area contributed by atoms with Gasteiger partial charge >= 0.3 is 0 Å². The average molecular weight is 351 g/mol. The van der Waals surface area contributed by atoms with Gasteiger partial charge in [-0.1, -0.05) is 0 Å². The monoisotopic (exact) mass is 350 g/mol. The second-order valence-electron chi connectivity index (χ2n) is 5.32. The van der Waals surface area contributed by atoms with Crippen LogP contribution in [0, 0.1) is 5.92 Å². The molecule has 0 bridgehead atoms. The van der Waals surface area contributed by atoms with Crippen LogP contribution in [0.25, 0.3) is 0 Å². The third kappa shape index (κ3) is 4.45. The fourth-order valence-corrected chi connectivity index (χ4v) is 3.63. The minimum Gasteiger partial charge on any atom is -0.354 e. The summed E-state index contributed by atoms with van der Waals surface area (Å²) in [7, 11) is -0.422. The number of sulfonamides is 1. The molecule has 1 aliphatic rings. The van der Waals surface area contributed by atoms with Gasteiger partial charge in [0.15, 0.2) is 0 Å². The van der Waals surface area contributed by atoms with Crippen molar-refractivity contribution in [3.05, 3.63) is 18.0 Å². The minimum absolute atomic E-state index is 0. The number of hydrogen-bond acceptors (Lipinski definition) is 4. The van der Waals surface area contributed by atoms with E-state index in [0.29, 0.717) is 18.2 Å². The van der Waals surface area contributed by atoms with E-state index in [1.165, 1.54) is 23.9 Å². The lowest BCUT2D eigenvalue weighted by molar-refractivity contribution is 0.0955. The zero-order valence-corrected chi connectivity index (χ0v) is 14.4. The van der Waals surface area contributed by atoms with Gasteiger partial charge in [-0.05, 0) is 37.9 Å².